The van der Waals surface area contributed by atoms with Crippen LogP contribution in [0.5, 0.6) is 0 Å². The van der Waals surface area contributed by atoms with Gasteiger partial charge in [0.2, 0.25) is 0 Å². The highest BCUT2D eigenvalue weighted by atomic mass is 19.1. The average Bonchev–Trinajstić information content (AvgIpc) is 2.94. The number of hydrogen-bond acceptors (Lipinski definition) is 7. The molecule has 3 rings (SSSR count). The Kier molecular flexibility index (Phi) is 5.54. The van der Waals surface area contributed by atoms with Gasteiger partial charge in [-0.1, -0.05) is 12.1 Å². The summed E-state index contributed by atoms with van der Waals surface area (Å²) in [7, 11) is 0. The van der Waals surface area contributed by atoms with Crippen LogP contribution in [-0.4, -0.2) is 46.7 Å². The molecule has 1 aliphatic rings. The summed E-state index contributed by atoms with van der Waals surface area (Å²) in [6.07, 6.45) is 0. The number of benzene rings is 2. The van der Waals surface area contributed by atoms with Gasteiger partial charge < -0.3 is 10.1 Å². The summed E-state index contributed by atoms with van der Waals surface area (Å²) in [6.45, 7) is -0.00978. The molecule has 1 heterocycles. The van der Waals surface area contributed by atoms with E-state index in [0.29, 0.717) is 10.5 Å². The fourth-order valence-corrected chi connectivity index (χ4v) is 2.80. The zero-order valence-electron chi connectivity index (χ0n) is 15.5. The van der Waals surface area contributed by atoms with Crippen LogP contribution >= 0.6 is 0 Å². The summed E-state index contributed by atoms with van der Waals surface area (Å²) < 4.78 is 18.2. The zero-order chi connectivity index (χ0) is 22.0. The lowest BCUT2D eigenvalue weighted by molar-refractivity contribution is -0.385. The highest BCUT2D eigenvalue weighted by Gasteiger charge is 2.41. The van der Waals surface area contributed by atoms with E-state index in [1.165, 1.54) is 24.3 Å². The second-order valence-corrected chi connectivity index (χ2v) is 6.33. The molecule has 0 saturated carbocycles. The van der Waals surface area contributed by atoms with Crippen LogP contribution in [0.15, 0.2) is 36.4 Å². The number of fused-ring (bicyclic) bond motifs is 1. The summed E-state index contributed by atoms with van der Waals surface area (Å²) in [4.78, 5) is 59.3. The Morgan fingerprint density at radius 1 is 1.20 bits per heavy atom. The van der Waals surface area contributed by atoms with Crippen molar-refractivity contribution < 1.29 is 33.2 Å². The van der Waals surface area contributed by atoms with Crippen LogP contribution in [0.3, 0.4) is 0 Å². The second-order valence-electron chi connectivity index (χ2n) is 6.33. The number of aryl methyl sites for hydroxylation is 1. The first-order valence-corrected chi connectivity index (χ1v) is 8.54. The minimum atomic E-state index is -1.07. The van der Waals surface area contributed by atoms with Gasteiger partial charge in [-0.25, -0.2) is 4.39 Å². The molecule has 1 N–H and O–H groups in total. The van der Waals surface area contributed by atoms with E-state index < -0.39 is 58.8 Å². The topological polar surface area (TPSA) is 136 Å². The van der Waals surface area contributed by atoms with Crippen LogP contribution in [0.25, 0.3) is 0 Å². The number of anilines is 1. The number of rotatable bonds is 6. The first-order chi connectivity index (χ1) is 14.2. The maximum Gasteiger partial charge on any atom is 0.326 e. The molecule has 0 radical (unpaired) electrons. The molecule has 0 atom stereocenters. The number of amides is 3. The van der Waals surface area contributed by atoms with Crippen LogP contribution in [0.1, 0.15) is 26.3 Å². The molecule has 0 saturated heterocycles. The molecule has 0 aliphatic carbocycles. The quantitative estimate of drug-likeness (QED) is 0.329. The van der Waals surface area contributed by atoms with Gasteiger partial charge >= 0.3 is 5.97 Å². The number of nitrogens with zero attached hydrogens (tertiary/aromatic N) is 2. The molecular formula is C19H14FN3O7. The van der Waals surface area contributed by atoms with Gasteiger partial charge in [0.25, 0.3) is 23.4 Å². The normalized spacial score (nSPS) is 12.5. The van der Waals surface area contributed by atoms with Gasteiger partial charge in [0.05, 0.1) is 10.5 Å². The highest BCUT2D eigenvalue weighted by Crippen LogP contribution is 2.30. The lowest BCUT2D eigenvalue weighted by Gasteiger charge is -2.13. The number of carbonyl (C=O) groups excluding carboxylic acids is 4. The number of carbonyl (C=O) groups is 4. The minimum absolute atomic E-state index is 0.159. The average molecular weight is 415 g/mol. The number of halogens is 1. The highest BCUT2D eigenvalue weighted by molar-refractivity contribution is 6.24. The molecule has 0 aromatic heterocycles. The van der Waals surface area contributed by atoms with Crippen LogP contribution in [-0.2, 0) is 14.3 Å². The molecule has 0 spiro atoms. The summed E-state index contributed by atoms with van der Waals surface area (Å²) >= 11 is 0. The van der Waals surface area contributed by atoms with Gasteiger partial charge in [-0.05, 0) is 30.7 Å². The molecule has 2 aromatic rings. The number of esters is 1. The predicted molar refractivity (Wildman–Crippen MR) is 99.2 cm³/mol. The summed E-state index contributed by atoms with van der Waals surface area (Å²) in [6, 6.07) is 7.58. The Bertz CT molecular complexity index is 1100. The van der Waals surface area contributed by atoms with Gasteiger partial charge in [-0.2, -0.15) is 0 Å². The molecule has 11 heteroatoms. The standard InChI is InChI=1S/C19H14FN3O7/c1-10-5-6-11(7-13(10)20)21-15(24)9-30-16(25)8-22-18(26)12-3-2-4-14(23(28)29)17(12)19(22)27/h2-7H,8-9H2,1H3,(H,21,24). The van der Waals surface area contributed by atoms with Crippen molar-refractivity contribution in [2.45, 2.75) is 6.92 Å². The number of nitrogens with one attached hydrogen (secondary N) is 1. The molecule has 10 nitrogen and oxygen atoms in total. The number of nitro benzene ring substituents is 1. The molecule has 30 heavy (non-hydrogen) atoms. The maximum absolute atomic E-state index is 13.5. The lowest BCUT2D eigenvalue weighted by Crippen LogP contribution is -2.36. The van der Waals surface area contributed by atoms with Crippen molar-refractivity contribution in [2.24, 2.45) is 0 Å². The van der Waals surface area contributed by atoms with Crippen LogP contribution < -0.4 is 5.32 Å². The Hall–Kier alpha value is -4.15. The van der Waals surface area contributed by atoms with Crippen molar-refractivity contribution in [1.29, 1.82) is 0 Å². The maximum atomic E-state index is 13.5. The Balaban J connectivity index is 1.60. The van der Waals surface area contributed by atoms with E-state index in [9.17, 15) is 33.7 Å². The Labute approximate surface area is 168 Å². The van der Waals surface area contributed by atoms with Crippen molar-refractivity contribution >= 4 is 35.1 Å². The first kappa shape index (κ1) is 20.6. The third-order valence-corrected chi connectivity index (χ3v) is 4.28. The fourth-order valence-electron chi connectivity index (χ4n) is 2.80. The second kappa shape index (κ2) is 8.07. The predicted octanol–water partition coefficient (Wildman–Crippen LogP) is 1.82. The molecule has 1 aliphatic heterocycles. The van der Waals surface area contributed by atoms with E-state index in [1.807, 2.05) is 0 Å². The smallest absolute Gasteiger partial charge is 0.326 e. The zero-order valence-corrected chi connectivity index (χ0v) is 15.5. The first-order valence-electron chi connectivity index (χ1n) is 8.54. The molecule has 154 valence electrons. The lowest BCUT2D eigenvalue weighted by atomic mass is 10.1. The molecule has 0 unspecified atom stereocenters. The van der Waals surface area contributed by atoms with Crippen LogP contribution in [0.2, 0.25) is 0 Å². The van der Waals surface area contributed by atoms with Gasteiger partial charge in [0.1, 0.15) is 17.9 Å². The Morgan fingerprint density at radius 3 is 2.60 bits per heavy atom. The molecule has 2 aromatic carbocycles. The number of nitro groups is 1. The van der Waals surface area contributed by atoms with Gasteiger partial charge in [0.15, 0.2) is 6.61 Å². The molecular weight excluding hydrogens is 401 g/mol. The number of ether oxygens (including phenoxy) is 1. The monoisotopic (exact) mass is 415 g/mol. The van der Waals surface area contributed by atoms with Crippen LogP contribution in [0, 0.1) is 22.9 Å². The van der Waals surface area contributed by atoms with Crippen molar-refractivity contribution in [2.75, 3.05) is 18.5 Å². The van der Waals surface area contributed by atoms with Gasteiger partial charge in [-0.15, -0.1) is 0 Å². The van der Waals surface area contributed by atoms with Crippen molar-refractivity contribution in [3.05, 3.63) is 69.0 Å². The van der Waals surface area contributed by atoms with Crippen molar-refractivity contribution in [3.8, 4) is 0 Å². The third-order valence-electron chi connectivity index (χ3n) is 4.28. The largest absolute Gasteiger partial charge is 0.454 e. The van der Waals surface area contributed by atoms with E-state index in [-0.39, 0.29) is 11.3 Å². The molecule has 0 bridgehead atoms. The van der Waals surface area contributed by atoms with E-state index in [0.717, 1.165) is 12.1 Å². The third kappa shape index (κ3) is 3.99. The SMILES string of the molecule is Cc1ccc(NC(=O)COC(=O)CN2C(=O)c3cccc([N+](=O)[O-])c3C2=O)cc1F. The van der Waals surface area contributed by atoms with E-state index >= 15 is 0 Å². The van der Waals surface area contributed by atoms with Gasteiger partial charge in [-0.3, -0.25) is 34.2 Å². The van der Waals surface area contributed by atoms with Crippen molar-refractivity contribution in [3.63, 3.8) is 0 Å². The number of hydrogen-bond donors (Lipinski definition) is 1. The Morgan fingerprint density at radius 2 is 1.93 bits per heavy atom. The molecule has 3 amide bonds. The van der Waals surface area contributed by atoms with Gasteiger partial charge in [0, 0.05) is 11.8 Å². The summed E-state index contributed by atoms with van der Waals surface area (Å²) in [5.41, 5.74) is -0.598. The summed E-state index contributed by atoms with van der Waals surface area (Å²) in [5, 5.41) is 13.4. The molecule has 0 fully saturated rings. The number of imide groups is 1. The summed E-state index contributed by atoms with van der Waals surface area (Å²) in [5.74, 6) is -4.24. The van der Waals surface area contributed by atoms with E-state index in [1.54, 1.807) is 6.92 Å². The van der Waals surface area contributed by atoms with Crippen molar-refractivity contribution in [1.82, 2.24) is 4.90 Å². The van der Waals surface area contributed by atoms with E-state index in [4.69, 9.17) is 4.74 Å². The van der Waals surface area contributed by atoms with E-state index in [2.05, 4.69) is 5.32 Å². The minimum Gasteiger partial charge on any atom is -0.454 e. The fraction of sp³-hybridized carbons (Fsp3) is 0.158. The van der Waals surface area contributed by atoms with Crippen LogP contribution in [0.4, 0.5) is 15.8 Å².